The fourth-order valence-corrected chi connectivity index (χ4v) is 4.46. The van der Waals surface area contributed by atoms with Crippen molar-refractivity contribution >= 4 is 26.6 Å². The lowest BCUT2D eigenvalue weighted by atomic mass is 10.3. The van der Waals surface area contributed by atoms with Crippen molar-refractivity contribution in [3.63, 3.8) is 0 Å². The Balaban J connectivity index is 3.58. The lowest BCUT2D eigenvalue weighted by Gasteiger charge is -2.31. The highest BCUT2D eigenvalue weighted by atomic mass is 35.5. The third-order valence-electron chi connectivity index (χ3n) is 2.10. The quantitative estimate of drug-likeness (QED) is 0.482. The monoisotopic (exact) mass is 301 g/mol. The van der Waals surface area contributed by atoms with Gasteiger partial charge in [-0.2, -0.15) is 0 Å². The molecule has 10 heteroatoms. The van der Waals surface area contributed by atoms with Crippen molar-refractivity contribution in [2.75, 3.05) is 6.66 Å². The first-order valence-corrected chi connectivity index (χ1v) is 8.30. The van der Waals surface area contributed by atoms with Gasteiger partial charge in [-0.25, -0.2) is 4.98 Å². The van der Waals surface area contributed by atoms with Gasteiger partial charge in [-0.3, -0.25) is 9.13 Å². The van der Waals surface area contributed by atoms with Crippen molar-refractivity contribution in [1.29, 1.82) is 0 Å². The molecule has 0 radical (unpaired) electrons. The Morgan fingerprint density at radius 3 is 2.24 bits per heavy atom. The van der Waals surface area contributed by atoms with Crippen molar-refractivity contribution in [1.82, 2.24) is 4.98 Å². The van der Waals surface area contributed by atoms with E-state index in [-0.39, 0.29) is 5.15 Å². The molecule has 0 fully saturated rings. The van der Waals surface area contributed by atoms with Gasteiger partial charge in [0.2, 0.25) is 7.37 Å². The molecular weight excluding hydrogens is 291 g/mol. The molecule has 0 amide bonds. The molecule has 4 N–H and O–H groups in total. The zero-order valence-electron chi connectivity index (χ0n) is 8.56. The van der Waals surface area contributed by atoms with Gasteiger partial charge < -0.3 is 19.8 Å². The highest BCUT2D eigenvalue weighted by Gasteiger charge is 2.58. The van der Waals surface area contributed by atoms with E-state index in [1.807, 2.05) is 0 Å². The Labute approximate surface area is 102 Å². The number of aliphatic hydroxyl groups is 1. The van der Waals surface area contributed by atoms with E-state index in [2.05, 4.69) is 4.98 Å². The molecule has 0 aliphatic rings. The summed E-state index contributed by atoms with van der Waals surface area (Å²) < 4.78 is 22.8. The molecule has 0 bridgehead atoms. The number of hydrogen-bond donors (Lipinski definition) is 4. The van der Waals surface area contributed by atoms with E-state index in [0.29, 0.717) is 6.66 Å². The standard InChI is InChI=1S/C7H10ClNO6P2/c1-16(11,12)7(10,17(13,14)15)5-2-3-9-6(8)4-5/h2-4,10H,1H3,(H,11,12)(H2,13,14,15). The van der Waals surface area contributed by atoms with Crippen molar-refractivity contribution in [3.8, 4) is 0 Å². The largest absolute Gasteiger partial charge is 0.371 e. The van der Waals surface area contributed by atoms with Crippen molar-refractivity contribution in [2.24, 2.45) is 0 Å². The SMILES string of the molecule is CP(=O)(O)C(O)(c1ccnc(Cl)c1)P(=O)(O)O. The molecule has 1 aromatic heterocycles. The summed E-state index contributed by atoms with van der Waals surface area (Å²) in [5, 5.41) is 6.57. The van der Waals surface area contributed by atoms with E-state index in [9.17, 15) is 19.1 Å². The van der Waals surface area contributed by atoms with E-state index < -0.39 is 25.6 Å². The van der Waals surface area contributed by atoms with Crippen LogP contribution >= 0.6 is 26.6 Å². The van der Waals surface area contributed by atoms with E-state index in [1.54, 1.807) is 0 Å². The lowest BCUT2D eigenvalue weighted by molar-refractivity contribution is 0.150. The molecule has 0 spiro atoms. The molecular formula is C7H10ClNO6P2. The Morgan fingerprint density at radius 1 is 1.35 bits per heavy atom. The summed E-state index contributed by atoms with van der Waals surface area (Å²) in [6.07, 6.45) is 1.06. The molecule has 0 saturated carbocycles. The second kappa shape index (κ2) is 4.44. The van der Waals surface area contributed by atoms with Crippen LogP contribution in [0, 0.1) is 0 Å². The summed E-state index contributed by atoms with van der Waals surface area (Å²) in [5.74, 6) is 0. The van der Waals surface area contributed by atoms with Gasteiger partial charge in [0.25, 0.3) is 5.08 Å². The first-order chi connectivity index (χ1) is 7.50. The Kier molecular flexibility index (Phi) is 3.87. The normalized spacial score (nSPS) is 19.4. The molecule has 0 aromatic carbocycles. The third-order valence-corrected chi connectivity index (χ3v) is 6.69. The van der Waals surface area contributed by atoms with Crippen molar-refractivity contribution in [3.05, 3.63) is 29.0 Å². The molecule has 2 atom stereocenters. The average Bonchev–Trinajstić information content (AvgIpc) is 2.12. The van der Waals surface area contributed by atoms with Crippen LogP contribution in [0.3, 0.4) is 0 Å². The molecule has 0 saturated heterocycles. The minimum atomic E-state index is -5.29. The average molecular weight is 302 g/mol. The maximum atomic E-state index is 11.5. The van der Waals surface area contributed by atoms with E-state index in [1.165, 1.54) is 0 Å². The second-order valence-electron chi connectivity index (χ2n) is 3.43. The van der Waals surface area contributed by atoms with Gasteiger partial charge in [0.1, 0.15) is 5.15 Å². The highest BCUT2D eigenvalue weighted by molar-refractivity contribution is 7.73. The Morgan fingerprint density at radius 2 is 1.88 bits per heavy atom. The zero-order chi connectivity index (χ0) is 13.5. The van der Waals surface area contributed by atoms with Gasteiger partial charge in [-0.1, -0.05) is 11.6 Å². The second-order valence-corrected chi connectivity index (χ2v) is 8.31. The molecule has 2 unspecified atom stereocenters. The first-order valence-electron chi connectivity index (χ1n) is 4.20. The first kappa shape index (κ1) is 14.8. The number of halogens is 1. The van der Waals surface area contributed by atoms with Crippen LogP contribution in [0.1, 0.15) is 5.56 Å². The fourth-order valence-electron chi connectivity index (χ4n) is 1.26. The maximum absolute atomic E-state index is 11.5. The number of nitrogens with zero attached hydrogens (tertiary/aromatic N) is 1. The Hall–Kier alpha value is -0.260. The van der Waals surface area contributed by atoms with Crippen LogP contribution in [0.2, 0.25) is 5.15 Å². The molecule has 17 heavy (non-hydrogen) atoms. The van der Waals surface area contributed by atoms with Crippen molar-refractivity contribution < 1.29 is 28.9 Å². The summed E-state index contributed by atoms with van der Waals surface area (Å²) in [5.41, 5.74) is -0.459. The van der Waals surface area contributed by atoms with Gasteiger partial charge >= 0.3 is 7.60 Å². The van der Waals surface area contributed by atoms with Crippen LogP contribution in [0.5, 0.6) is 0 Å². The number of rotatable bonds is 3. The van der Waals surface area contributed by atoms with Gasteiger partial charge in [-0.05, 0) is 12.1 Å². The highest BCUT2D eigenvalue weighted by Crippen LogP contribution is 2.73. The lowest BCUT2D eigenvalue weighted by Crippen LogP contribution is -2.25. The summed E-state index contributed by atoms with van der Waals surface area (Å²) in [6, 6.07) is 1.93. The van der Waals surface area contributed by atoms with Crippen LogP contribution in [0.15, 0.2) is 18.3 Å². The van der Waals surface area contributed by atoms with Crippen LogP contribution in [-0.2, 0) is 14.2 Å². The van der Waals surface area contributed by atoms with Gasteiger partial charge in [-0.15, -0.1) is 0 Å². The topological polar surface area (TPSA) is 128 Å². The number of hydrogen-bond acceptors (Lipinski definition) is 4. The van der Waals surface area contributed by atoms with Crippen LogP contribution in [0.4, 0.5) is 0 Å². The smallest absolute Gasteiger partial charge is 0.366 e. The van der Waals surface area contributed by atoms with Gasteiger partial charge in [0.05, 0.1) is 0 Å². The van der Waals surface area contributed by atoms with Crippen molar-refractivity contribution in [2.45, 2.75) is 5.08 Å². The maximum Gasteiger partial charge on any atom is 0.371 e. The molecule has 7 nitrogen and oxygen atoms in total. The summed E-state index contributed by atoms with van der Waals surface area (Å²) in [6.45, 7) is 0.653. The zero-order valence-corrected chi connectivity index (χ0v) is 11.1. The molecule has 1 heterocycles. The molecule has 96 valence electrons. The Bertz CT molecular complexity index is 501. The summed E-state index contributed by atoms with van der Waals surface area (Å²) in [7, 11) is -9.84. The van der Waals surface area contributed by atoms with Gasteiger partial charge in [0, 0.05) is 18.4 Å². The molecule has 0 aliphatic heterocycles. The van der Waals surface area contributed by atoms with Crippen LogP contribution in [-0.4, -0.2) is 31.4 Å². The minimum Gasteiger partial charge on any atom is -0.366 e. The fraction of sp³-hybridized carbons (Fsp3) is 0.286. The molecule has 1 rings (SSSR count). The minimum absolute atomic E-state index is 0.164. The van der Waals surface area contributed by atoms with Crippen LogP contribution < -0.4 is 0 Å². The predicted octanol–water partition coefficient (Wildman–Crippen LogP) is 0.915. The number of aromatic nitrogens is 1. The summed E-state index contributed by atoms with van der Waals surface area (Å²) >= 11 is 5.50. The summed E-state index contributed by atoms with van der Waals surface area (Å²) in [4.78, 5) is 31.1. The van der Waals surface area contributed by atoms with Crippen LogP contribution in [0.25, 0.3) is 0 Å². The van der Waals surface area contributed by atoms with Gasteiger partial charge in [0.15, 0.2) is 0 Å². The van der Waals surface area contributed by atoms with E-state index in [0.717, 1.165) is 18.3 Å². The van der Waals surface area contributed by atoms with E-state index in [4.69, 9.17) is 21.4 Å². The van der Waals surface area contributed by atoms with E-state index >= 15 is 0 Å². The molecule has 1 aromatic rings. The third kappa shape index (κ3) is 2.61. The molecule has 0 aliphatic carbocycles. The predicted molar refractivity (Wildman–Crippen MR) is 60.9 cm³/mol. The number of pyridine rings is 1.